The van der Waals surface area contributed by atoms with E-state index < -0.39 is 0 Å². The van der Waals surface area contributed by atoms with Crippen LogP contribution in [0.5, 0.6) is 0 Å². The Bertz CT molecular complexity index is 325. The highest BCUT2D eigenvalue weighted by molar-refractivity contribution is 5.52. The lowest BCUT2D eigenvalue weighted by Gasteiger charge is -2.19. The normalized spacial score (nSPS) is 12.5. The van der Waals surface area contributed by atoms with Crippen LogP contribution in [-0.4, -0.2) is 43.1 Å². The van der Waals surface area contributed by atoms with Gasteiger partial charge in [0.2, 0.25) is 0 Å². The number of nitrogens with one attached hydrogen (secondary N) is 2. The zero-order valence-electron chi connectivity index (χ0n) is 11.3. The summed E-state index contributed by atoms with van der Waals surface area (Å²) in [4.78, 5) is 6.46. The van der Waals surface area contributed by atoms with E-state index >= 15 is 0 Å². The van der Waals surface area contributed by atoms with Crippen molar-refractivity contribution in [3.05, 3.63) is 18.3 Å². The fourth-order valence-electron chi connectivity index (χ4n) is 1.75. The molecule has 1 unspecified atom stereocenters. The lowest BCUT2D eigenvalue weighted by Crippen LogP contribution is -2.29. The van der Waals surface area contributed by atoms with Gasteiger partial charge in [-0.3, -0.25) is 0 Å². The van der Waals surface area contributed by atoms with E-state index in [-0.39, 0.29) is 0 Å². The molecule has 96 valence electrons. The minimum absolute atomic E-state index is 0.423. The molecule has 0 fully saturated rings. The van der Waals surface area contributed by atoms with E-state index in [1.165, 1.54) is 0 Å². The molecule has 0 saturated carbocycles. The first-order chi connectivity index (χ1) is 8.11. The SMILES string of the molecule is CCCNc1cc(NC(C)CN(C)C)ccn1. The standard InChI is InChI=1S/C13H24N4/c1-5-7-14-13-9-12(6-8-15-13)16-11(2)10-17(3)4/h6,8-9,11H,5,7,10H2,1-4H3,(H2,14,15,16). The minimum atomic E-state index is 0.423. The Morgan fingerprint density at radius 3 is 2.82 bits per heavy atom. The molecule has 0 aliphatic carbocycles. The molecule has 0 spiro atoms. The minimum Gasteiger partial charge on any atom is -0.381 e. The average Bonchev–Trinajstić information content (AvgIpc) is 2.25. The van der Waals surface area contributed by atoms with Crippen molar-refractivity contribution in [1.29, 1.82) is 0 Å². The maximum atomic E-state index is 4.28. The molecule has 1 aromatic rings. The smallest absolute Gasteiger partial charge is 0.127 e. The highest BCUT2D eigenvalue weighted by Gasteiger charge is 2.03. The van der Waals surface area contributed by atoms with Crippen molar-refractivity contribution in [3.8, 4) is 0 Å². The van der Waals surface area contributed by atoms with Gasteiger partial charge in [-0.1, -0.05) is 6.92 Å². The van der Waals surface area contributed by atoms with E-state index in [1.54, 1.807) is 0 Å². The molecule has 0 aromatic carbocycles. The first-order valence-electron chi connectivity index (χ1n) is 6.23. The molecule has 17 heavy (non-hydrogen) atoms. The van der Waals surface area contributed by atoms with E-state index in [0.29, 0.717) is 6.04 Å². The lowest BCUT2D eigenvalue weighted by atomic mass is 10.3. The molecule has 0 bridgehead atoms. The predicted octanol–water partition coefficient (Wildman–Crippen LogP) is 2.27. The summed E-state index contributed by atoms with van der Waals surface area (Å²) in [7, 11) is 4.16. The van der Waals surface area contributed by atoms with Gasteiger partial charge in [0.05, 0.1) is 0 Å². The number of aromatic nitrogens is 1. The summed E-state index contributed by atoms with van der Waals surface area (Å²) in [5.41, 5.74) is 1.12. The molecule has 1 aromatic heterocycles. The highest BCUT2D eigenvalue weighted by Crippen LogP contribution is 2.13. The highest BCUT2D eigenvalue weighted by atomic mass is 15.1. The van der Waals surface area contributed by atoms with Gasteiger partial charge in [-0.15, -0.1) is 0 Å². The number of likely N-dealkylation sites (N-methyl/N-ethyl adjacent to an activating group) is 1. The van der Waals surface area contributed by atoms with Gasteiger partial charge < -0.3 is 15.5 Å². The van der Waals surface area contributed by atoms with Crippen LogP contribution in [0, 0.1) is 0 Å². The monoisotopic (exact) mass is 236 g/mol. The molecule has 1 rings (SSSR count). The van der Waals surface area contributed by atoms with Gasteiger partial charge in [0, 0.05) is 37.1 Å². The fourth-order valence-corrected chi connectivity index (χ4v) is 1.75. The maximum absolute atomic E-state index is 4.28. The summed E-state index contributed by atoms with van der Waals surface area (Å²) in [6.45, 7) is 6.30. The van der Waals surface area contributed by atoms with Gasteiger partial charge in [-0.25, -0.2) is 4.98 Å². The third kappa shape index (κ3) is 5.54. The third-order valence-electron chi connectivity index (χ3n) is 2.37. The molecule has 1 atom stereocenters. The predicted molar refractivity (Wildman–Crippen MR) is 74.7 cm³/mol. The number of pyridine rings is 1. The summed E-state index contributed by atoms with van der Waals surface area (Å²) in [5.74, 6) is 0.939. The van der Waals surface area contributed by atoms with Crippen molar-refractivity contribution < 1.29 is 0 Å². The molecule has 0 aliphatic rings. The van der Waals surface area contributed by atoms with E-state index in [0.717, 1.165) is 31.0 Å². The van der Waals surface area contributed by atoms with E-state index in [2.05, 4.69) is 54.5 Å². The number of hydrogen-bond acceptors (Lipinski definition) is 4. The summed E-state index contributed by atoms with van der Waals surface area (Å²) < 4.78 is 0. The molecule has 0 saturated heterocycles. The summed E-state index contributed by atoms with van der Waals surface area (Å²) in [6, 6.07) is 4.48. The largest absolute Gasteiger partial charge is 0.381 e. The molecule has 2 N–H and O–H groups in total. The van der Waals surface area contributed by atoms with Crippen LogP contribution in [0.2, 0.25) is 0 Å². The van der Waals surface area contributed by atoms with Crippen LogP contribution in [0.3, 0.4) is 0 Å². The number of hydrogen-bond donors (Lipinski definition) is 2. The quantitative estimate of drug-likeness (QED) is 0.762. The average molecular weight is 236 g/mol. The zero-order valence-corrected chi connectivity index (χ0v) is 11.3. The second-order valence-corrected chi connectivity index (χ2v) is 4.66. The van der Waals surface area contributed by atoms with Gasteiger partial charge in [-0.2, -0.15) is 0 Å². The second-order valence-electron chi connectivity index (χ2n) is 4.66. The number of rotatable bonds is 7. The Balaban J connectivity index is 2.52. The van der Waals surface area contributed by atoms with Crippen molar-refractivity contribution in [2.24, 2.45) is 0 Å². The topological polar surface area (TPSA) is 40.2 Å². The van der Waals surface area contributed by atoms with Crippen molar-refractivity contribution >= 4 is 11.5 Å². The van der Waals surface area contributed by atoms with Gasteiger partial charge in [0.15, 0.2) is 0 Å². The Morgan fingerprint density at radius 2 is 2.18 bits per heavy atom. The van der Waals surface area contributed by atoms with Gasteiger partial charge in [0.1, 0.15) is 5.82 Å². The number of nitrogens with zero attached hydrogens (tertiary/aromatic N) is 2. The van der Waals surface area contributed by atoms with E-state index in [9.17, 15) is 0 Å². The zero-order chi connectivity index (χ0) is 12.7. The van der Waals surface area contributed by atoms with E-state index in [4.69, 9.17) is 0 Å². The Labute approximate surface area is 104 Å². The van der Waals surface area contributed by atoms with Gasteiger partial charge >= 0.3 is 0 Å². The van der Waals surface area contributed by atoms with Gasteiger partial charge in [-0.05, 0) is 33.5 Å². The second kappa shape index (κ2) is 7.12. The summed E-state index contributed by atoms with van der Waals surface area (Å²) in [5, 5.41) is 6.76. The van der Waals surface area contributed by atoms with Crippen molar-refractivity contribution in [2.75, 3.05) is 37.8 Å². The Kier molecular flexibility index (Phi) is 5.77. The first kappa shape index (κ1) is 13.8. The Morgan fingerprint density at radius 1 is 1.41 bits per heavy atom. The molecule has 4 heteroatoms. The molecule has 0 amide bonds. The van der Waals surface area contributed by atoms with E-state index in [1.807, 2.05) is 12.3 Å². The van der Waals surface area contributed by atoms with Crippen LogP contribution in [0.25, 0.3) is 0 Å². The first-order valence-corrected chi connectivity index (χ1v) is 6.23. The van der Waals surface area contributed by atoms with Crippen LogP contribution < -0.4 is 10.6 Å². The number of anilines is 2. The van der Waals surface area contributed by atoms with Crippen LogP contribution >= 0.6 is 0 Å². The summed E-state index contributed by atoms with van der Waals surface area (Å²) >= 11 is 0. The van der Waals surface area contributed by atoms with Crippen LogP contribution in [-0.2, 0) is 0 Å². The van der Waals surface area contributed by atoms with Crippen LogP contribution in [0.1, 0.15) is 20.3 Å². The molecule has 4 nitrogen and oxygen atoms in total. The lowest BCUT2D eigenvalue weighted by molar-refractivity contribution is 0.392. The molecular formula is C13H24N4. The van der Waals surface area contributed by atoms with Crippen LogP contribution in [0.15, 0.2) is 18.3 Å². The fraction of sp³-hybridized carbons (Fsp3) is 0.615. The summed E-state index contributed by atoms with van der Waals surface area (Å²) in [6.07, 6.45) is 2.94. The third-order valence-corrected chi connectivity index (χ3v) is 2.37. The van der Waals surface area contributed by atoms with Crippen molar-refractivity contribution in [1.82, 2.24) is 9.88 Å². The van der Waals surface area contributed by atoms with Crippen LogP contribution in [0.4, 0.5) is 11.5 Å². The molecular weight excluding hydrogens is 212 g/mol. The van der Waals surface area contributed by atoms with Crippen molar-refractivity contribution in [2.45, 2.75) is 26.3 Å². The van der Waals surface area contributed by atoms with Gasteiger partial charge in [0.25, 0.3) is 0 Å². The van der Waals surface area contributed by atoms with Crippen molar-refractivity contribution in [3.63, 3.8) is 0 Å². The maximum Gasteiger partial charge on any atom is 0.127 e. The molecule has 0 aliphatic heterocycles. The Hall–Kier alpha value is -1.29. The molecule has 1 heterocycles. The molecule has 0 radical (unpaired) electrons.